The Labute approximate surface area is 77.6 Å². The number of hydrogen-bond donors (Lipinski definition) is 2. The van der Waals surface area contributed by atoms with Crippen LogP contribution in [0.1, 0.15) is 13.8 Å². The number of ether oxygens (including phenoxy) is 1. The molecule has 0 aromatic carbocycles. The smallest absolute Gasteiger partial charge is 0.254 e. The molecular formula is C8H15N3O2. The molecule has 5 heteroatoms. The quantitative estimate of drug-likeness (QED) is 0.622. The zero-order valence-electron chi connectivity index (χ0n) is 8.18. The summed E-state index contributed by atoms with van der Waals surface area (Å²) in [4.78, 5) is 15.3. The van der Waals surface area contributed by atoms with Crippen molar-refractivity contribution in [3.63, 3.8) is 0 Å². The summed E-state index contributed by atoms with van der Waals surface area (Å²) in [5.41, 5.74) is -0.676. The number of guanidine groups is 1. The second-order valence-corrected chi connectivity index (χ2v) is 3.12. The molecule has 1 atom stereocenters. The minimum atomic E-state index is -0.676. The molecule has 1 aliphatic heterocycles. The van der Waals surface area contributed by atoms with Gasteiger partial charge < -0.3 is 10.1 Å². The summed E-state index contributed by atoms with van der Waals surface area (Å²) in [5.74, 6) is 0.411. The van der Waals surface area contributed by atoms with Gasteiger partial charge >= 0.3 is 0 Å². The Balaban J connectivity index is 2.63. The van der Waals surface area contributed by atoms with Crippen molar-refractivity contribution in [1.29, 1.82) is 0 Å². The van der Waals surface area contributed by atoms with Gasteiger partial charge in [0.25, 0.3) is 5.91 Å². The van der Waals surface area contributed by atoms with Gasteiger partial charge in [-0.05, 0) is 13.8 Å². The second-order valence-electron chi connectivity index (χ2n) is 3.12. The molecule has 74 valence electrons. The number of rotatable bonds is 3. The first-order chi connectivity index (χ1) is 6.12. The number of carbonyl (C=O) groups excluding carboxylic acids is 1. The van der Waals surface area contributed by atoms with E-state index in [2.05, 4.69) is 15.6 Å². The third-order valence-corrected chi connectivity index (χ3v) is 1.95. The first-order valence-electron chi connectivity index (χ1n) is 4.26. The average Bonchev–Trinajstić information content (AvgIpc) is 2.40. The number of aliphatic imine (C=N–C) groups is 1. The van der Waals surface area contributed by atoms with Crippen LogP contribution in [0.25, 0.3) is 0 Å². The number of nitrogens with one attached hydrogen (secondary N) is 2. The lowest BCUT2D eigenvalue weighted by Gasteiger charge is -2.20. The van der Waals surface area contributed by atoms with Gasteiger partial charge in [-0.15, -0.1) is 0 Å². The van der Waals surface area contributed by atoms with Crippen LogP contribution in [0.2, 0.25) is 0 Å². The van der Waals surface area contributed by atoms with Crippen molar-refractivity contribution < 1.29 is 9.53 Å². The number of hydrogen-bond acceptors (Lipinski definition) is 3. The van der Waals surface area contributed by atoms with Crippen LogP contribution < -0.4 is 10.6 Å². The van der Waals surface area contributed by atoms with E-state index in [1.54, 1.807) is 14.0 Å². The Bertz CT molecular complexity index is 240. The van der Waals surface area contributed by atoms with Crippen LogP contribution in [-0.2, 0) is 9.53 Å². The molecular weight excluding hydrogens is 170 g/mol. The molecule has 5 nitrogen and oxygen atoms in total. The van der Waals surface area contributed by atoms with Crippen LogP contribution in [0.15, 0.2) is 4.99 Å². The molecule has 13 heavy (non-hydrogen) atoms. The van der Waals surface area contributed by atoms with Gasteiger partial charge in [-0.2, -0.15) is 0 Å². The fraction of sp³-hybridized carbons (Fsp3) is 0.750. The number of carbonyl (C=O) groups is 1. The SMILES string of the molecule is CCOCC1(C)NC(=NC)NC1=O. The summed E-state index contributed by atoms with van der Waals surface area (Å²) in [6, 6.07) is 0. The predicted octanol–water partition coefficient (Wildman–Crippen LogP) is -0.513. The predicted molar refractivity (Wildman–Crippen MR) is 49.5 cm³/mol. The lowest BCUT2D eigenvalue weighted by Crippen LogP contribution is -2.48. The van der Waals surface area contributed by atoms with Gasteiger partial charge in [-0.1, -0.05) is 0 Å². The first-order valence-corrected chi connectivity index (χ1v) is 4.26. The normalized spacial score (nSPS) is 30.4. The molecule has 1 unspecified atom stereocenters. The van der Waals surface area contributed by atoms with Crippen molar-refractivity contribution >= 4 is 11.9 Å². The number of amides is 1. The molecule has 1 saturated heterocycles. The molecule has 0 radical (unpaired) electrons. The van der Waals surface area contributed by atoms with Crippen LogP contribution in [0, 0.1) is 0 Å². The largest absolute Gasteiger partial charge is 0.379 e. The molecule has 1 heterocycles. The molecule has 1 fully saturated rings. The highest BCUT2D eigenvalue weighted by molar-refractivity contribution is 6.08. The molecule has 0 bridgehead atoms. The maximum Gasteiger partial charge on any atom is 0.254 e. The van der Waals surface area contributed by atoms with E-state index in [4.69, 9.17) is 4.74 Å². The minimum absolute atomic E-state index is 0.0958. The maximum atomic E-state index is 11.4. The van der Waals surface area contributed by atoms with Crippen LogP contribution in [0.4, 0.5) is 0 Å². The summed E-state index contributed by atoms with van der Waals surface area (Å²) < 4.78 is 5.21. The molecule has 2 N–H and O–H groups in total. The van der Waals surface area contributed by atoms with E-state index in [1.807, 2.05) is 6.92 Å². The summed E-state index contributed by atoms with van der Waals surface area (Å²) >= 11 is 0. The van der Waals surface area contributed by atoms with E-state index >= 15 is 0 Å². The Morgan fingerprint density at radius 1 is 1.62 bits per heavy atom. The Morgan fingerprint density at radius 3 is 2.77 bits per heavy atom. The lowest BCUT2D eigenvalue weighted by molar-refractivity contribution is -0.125. The van der Waals surface area contributed by atoms with Crippen LogP contribution in [0.5, 0.6) is 0 Å². The highest BCUT2D eigenvalue weighted by Crippen LogP contribution is 2.09. The van der Waals surface area contributed by atoms with Crippen LogP contribution in [0.3, 0.4) is 0 Å². The van der Waals surface area contributed by atoms with Crippen molar-refractivity contribution in [2.45, 2.75) is 19.4 Å². The highest BCUT2D eigenvalue weighted by atomic mass is 16.5. The van der Waals surface area contributed by atoms with Gasteiger partial charge in [-0.3, -0.25) is 15.1 Å². The molecule has 0 spiro atoms. The Morgan fingerprint density at radius 2 is 2.31 bits per heavy atom. The van der Waals surface area contributed by atoms with Gasteiger partial charge in [0.1, 0.15) is 5.54 Å². The fourth-order valence-corrected chi connectivity index (χ4v) is 1.11. The summed E-state index contributed by atoms with van der Waals surface area (Å²) in [6.45, 7) is 4.64. The summed E-state index contributed by atoms with van der Waals surface area (Å²) in [6.07, 6.45) is 0. The fourth-order valence-electron chi connectivity index (χ4n) is 1.11. The number of nitrogens with zero attached hydrogens (tertiary/aromatic N) is 1. The third kappa shape index (κ3) is 1.98. The van der Waals surface area contributed by atoms with Gasteiger partial charge in [0.05, 0.1) is 6.61 Å². The van der Waals surface area contributed by atoms with E-state index in [0.29, 0.717) is 19.2 Å². The molecule has 0 aromatic rings. The van der Waals surface area contributed by atoms with E-state index in [9.17, 15) is 4.79 Å². The minimum Gasteiger partial charge on any atom is -0.379 e. The van der Waals surface area contributed by atoms with E-state index in [1.165, 1.54) is 0 Å². The lowest BCUT2D eigenvalue weighted by atomic mass is 10.1. The highest BCUT2D eigenvalue weighted by Gasteiger charge is 2.40. The van der Waals surface area contributed by atoms with Crippen molar-refractivity contribution in [2.75, 3.05) is 20.3 Å². The van der Waals surface area contributed by atoms with Crippen molar-refractivity contribution in [2.24, 2.45) is 4.99 Å². The maximum absolute atomic E-state index is 11.4. The average molecular weight is 185 g/mol. The van der Waals surface area contributed by atoms with Gasteiger partial charge in [0, 0.05) is 13.7 Å². The van der Waals surface area contributed by atoms with Gasteiger partial charge in [-0.25, -0.2) is 0 Å². The van der Waals surface area contributed by atoms with Crippen LogP contribution >= 0.6 is 0 Å². The summed E-state index contributed by atoms with van der Waals surface area (Å²) in [7, 11) is 1.62. The van der Waals surface area contributed by atoms with E-state index in [-0.39, 0.29) is 5.91 Å². The van der Waals surface area contributed by atoms with Crippen molar-refractivity contribution in [3.05, 3.63) is 0 Å². The topological polar surface area (TPSA) is 62.7 Å². The monoisotopic (exact) mass is 185 g/mol. The Hall–Kier alpha value is -1.10. The molecule has 0 aromatic heterocycles. The van der Waals surface area contributed by atoms with Gasteiger partial charge in [0.2, 0.25) is 0 Å². The molecule has 1 amide bonds. The zero-order chi connectivity index (χ0) is 9.90. The first kappa shape index (κ1) is 9.98. The van der Waals surface area contributed by atoms with E-state index in [0.717, 1.165) is 0 Å². The Kier molecular flexibility index (Phi) is 2.87. The third-order valence-electron chi connectivity index (χ3n) is 1.95. The van der Waals surface area contributed by atoms with Crippen molar-refractivity contribution in [3.8, 4) is 0 Å². The second kappa shape index (κ2) is 3.74. The molecule has 1 aliphatic rings. The molecule has 0 saturated carbocycles. The van der Waals surface area contributed by atoms with Crippen LogP contribution in [-0.4, -0.2) is 37.7 Å². The van der Waals surface area contributed by atoms with Gasteiger partial charge in [0.15, 0.2) is 5.96 Å². The summed E-state index contributed by atoms with van der Waals surface area (Å²) in [5, 5.41) is 5.59. The standard InChI is InChI=1S/C8H15N3O2/c1-4-13-5-8(2)6(12)10-7(9-3)11-8/h4-5H2,1-3H3,(H2,9,10,11,12). The van der Waals surface area contributed by atoms with E-state index < -0.39 is 5.54 Å². The molecule has 0 aliphatic carbocycles. The van der Waals surface area contributed by atoms with Crippen molar-refractivity contribution in [1.82, 2.24) is 10.6 Å². The zero-order valence-corrected chi connectivity index (χ0v) is 8.18. The molecule has 1 rings (SSSR count).